The molecule has 6 heteroatoms. The number of aromatic nitrogens is 1. The van der Waals surface area contributed by atoms with E-state index in [2.05, 4.69) is 42.9 Å². The Morgan fingerprint density at radius 3 is 2.43 bits per heavy atom. The van der Waals surface area contributed by atoms with Gasteiger partial charge in [0.2, 0.25) is 5.89 Å². The summed E-state index contributed by atoms with van der Waals surface area (Å²) in [7, 11) is 0. The first-order valence-electron chi connectivity index (χ1n) is 9.44. The summed E-state index contributed by atoms with van der Waals surface area (Å²) in [5.41, 5.74) is 4.75. The summed E-state index contributed by atoms with van der Waals surface area (Å²) in [6.07, 6.45) is 1.51. The smallest absolute Gasteiger partial charge is 0.227 e. The molecule has 0 radical (unpaired) electrons. The van der Waals surface area contributed by atoms with Crippen LogP contribution >= 0.6 is 23.2 Å². The minimum Gasteiger partial charge on any atom is -0.506 e. The second kappa shape index (κ2) is 7.78. The standard InChI is InChI=1S/C24H20Cl2N2O2/c1-24(2,3)16-6-4-14(5-7-16)23-28-20-12-18(8-9-21(20)30-23)27-13-15-10-17(25)11-19(26)22(15)29/h4-13,29H,1-3H3. The molecule has 0 aliphatic heterocycles. The third-order valence-corrected chi connectivity index (χ3v) is 5.29. The Morgan fingerprint density at radius 1 is 1.00 bits per heavy atom. The van der Waals surface area contributed by atoms with Crippen LogP contribution in [0.4, 0.5) is 5.69 Å². The third-order valence-electron chi connectivity index (χ3n) is 4.78. The molecule has 0 aliphatic rings. The van der Waals surface area contributed by atoms with Gasteiger partial charge in [0, 0.05) is 22.4 Å². The minimum atomic E-state index is -0.0617. The Kier molecular flexibility index (Phi) is 5.31. The molecule has 0 unspecified atom stereocenters. The first-order valence-corrected chi connectivity index (χ1v) is 10.2. The summed E-state index contributed by atoms with van der Waals surface area (Å²) < 4.78 is 5.91. The molecule has 1 heterocycles. The number of rotatable bonds is 3. The van der Waals surface area contributed by atoms with E-state index in [0.717, 1.165) is 5.56 Å². The molecule has 1 aromatic heterocycles. The Balaban J connectivity index is 1.63. The number of hydrogen-bond donors (Lipinski definition) is 1. The molecular formula is C24H20Cl2N2O2. The SMILES string of the molecule is CC(C)(C)c1ccc(-c2nc3cc(N=Cc4cc(Cl)cc(Cl)c4O)ccc3o2)cc1. The van der Waals surface area contributed by atoms with E-state index < -0.39 is 0 Å². The van der Waals surface area contributed by atoms with E-state index >= 15 is 0 Å². The minimum absolute atomic E-state index is 0.0617. The summed E-state index contributed by atoms with van der Waals surface area (Å²) in [5.74, 6) is 0.499. The summed E-state index contributed by atoms with van der Waals surface area (Å²) in [6, 6.07) is 16.8. The van der Waals surface area contributed by atoms with Crippen LogP contribution in [-0.4, -0.2) is 16.3 Å². The first-order chi connectivity index (χ1) is 14.2. The van der Waals surface area contributed by atoms with Crippen molar-refractivity contribution in [2.75, 3.05) is 0 Å². The highest BCUT2D eigenvalue weighted by molar-refractivity contribution is 6.36. The molecule has 0 atom stereocenters. The molecular weight excluding hydrogens is 419 g/mol. The van der Waals surface area contributed by atoms with E-state index in [4.69, 9.17) is 27.6 Å². The number of nitrogens with zero attached hydrogens (tertiary/aromatic N) is 2. The van der Waals surface area contributed by atoms with Crippen molar-refractivity contribution in [1.29, 1.82) is 0 Å². The van der Waals surface area contributed by atoms with Crippen molar-refractivity contribution in [2.45, 2.75) is 26.2 Å². The zero-order valence-electron chi connectivity index (χ0n) is 16.8. The van der Waals surface area contributed by atoms with Crippen LogP contribution in [0.2, 0.25) is 10.0 Å². The Morgan fingerprint density at radius 2 is 1.73 bits per heavy atom. The zero-order valence-corrected chi connectivity index (χ0v) is 18.3. The fraction of sp³-hybridized carbons (Fsp3) is 0.167. The number of benzene rings is 3. The largest absolute Gasteiger partial charge is 0.506 e. The van der Waals surface area contributed by atoms with E-state index in [1.165, 1.54) is 17.8 Å². The monoisotopic (exact) mass is 438 g/mol. The fourth-order valence-electron chi connectivity index (χ4n) is 3.06. The van der Waals surface area contributed by atoms with Crippen LogP contribution < -0.4 is 0 Å². The molecule has 0 amide bonds. The second-order valence-electron chi connectivity index (χ2n) is 8.08. The lowest BCUT2D eigenvalue weighted by atomic mass is 9.87. The van der Waals surface area contributed by atoms with Gasteiger partial charge < -0.3 is 9.52 Å². The van der Waals surface area contributed by atoms with Gasteiger partial charge in [0.15, 0.2) is 5.58 Å². The van der Waals surface area contributed by atoms with Crippen molar-refractivity contribution < 1.29 is 9.52 Å². The molecule has 0 bridgehead atoms. The van der Waals surface area contributed by atoms with Crippen molar-refractivity contribution in [2.24, 2.45) is 4.99 Å². The number of aromatic hydroxyl groups is 1. The maximum atomic E-state index is 10.1. The molecule has 3 aromatic carbocycles. The van der Waals surface area contributed by atoms with Gasteiger partial charge in [-0.15, -0.1) is 0 Å². The highest BCUT2D eigenvalue weighted by Crippen LogP contribution is 2.32. The lowest BCUT2D eigenvalue weighted by molar-refractivity contribution is 0.475. The first kappa shape index (κ1) is 20.5. The number of fused-ring (bicyclic) bond motifs is 1. The van der Waals surface area contributed by atoms with E-state index in [-0.39, 0.29) is 16.2 Å². The number of aliphatic imine (C=N–C) groups is 1. The van der Waals surface area contributed by atoms with Crippen molar-refractivity contribution in [1.82, 2.24) is 4.98 Å². The van der Waals surface area contributed by atoms with Crippen molar-refractivity contribution in [3.8, 4) is 17.2 Å². The fourth-order valence-corrected chi connectivity index (χ4v) is 3.57. The Labute approximate surface area is 184 Å². The Bertz CT molecular complexity index is 1250. The van der Waals surface area contributed by atoms with Gasteiger partial charge >= 0.3 is 0 Å². The molecule has 0 fully saturated rings. The average Bonchev–Trinajstić information content (AvgIpc) is 3.12. The highest BCUT2D eigenvalue weighted by Gasteiger charge is 2.15. The van der Waals surface area contributed by atoms with E-state index in [9.17, 15) is 5.11 Å². The molecule has 0 spiro atoms. The van der Waals surface area contributed by atoms with Gasteiger partial charge in [-0.3, -0.25) is 4.99 Å². The normalized spacial score (nSPS) is 12.2. The second-order valence-corrected chi connectivity index (χ2v) is 8.93. The summed E-state index contributed by atoms with van der Waals surface area (Å²) in [5, 5.41) is 10.7. The lowest BCUT2D eigenvalue weighted by Gasteiger charge is -2.18. The molecule has 0 aliphatic carbocycles. The number of phenols is 1. The van der Waals surface area contributed by atoms with E-state index in [0.29, 0.717) is 33.3 Å². The van der Waals surface area contributed by atoms with Crippen molar-refractivity contribution in [3.05, 3.63) is 75.8 Å². The molecule has 4 rings (SSSR count). The molecule has 4 aromatic rings. The molecule has 0 saturated heterocycles. The van der Waals surface area contributed by atoms with Gasteiger partial charge in [0.1, 0.15) is 11.3 Å². The number of phenolic OH excluding ortho intramolecular Hbond substituents is 1. The van der Waals surface area contributed by atoms with Crippen LogP contribution in [0.3, 0.4) is 0 Å². The molecule has 30 heavy (non-hydrogen) atoms. The van der Waals surface area contributed by atoms with E-state index in [1.54, 1.807) is 6.07 Å². The van der Waals surface area contributed by atoms with Gasteiger partial charge in [0.05, 0.1) is 10.7 Å². The lowest BCUT2D eigenvalue weighted by Crippen LogP contribution is -2.10. The topological polar surface area (TPSA) is 58.6 Å². The van der Waals surface area contributed by atoms with Gasteiger partial charge in [-0.25, -0.2) is 4.98 Å². The molecule has 4 nitrogen and oxygen atoms in total. The summed E-state index contributed by atoms with van der Waals surface area (Å²) in [4.78, 5) is 9.01. The van der Waals surface area contributed by atoms with Gasteiger partial charge in [-0.1, -0.05) is 56.1 Å². The quantitative estimate of drug-likeness (QED) is 0.335. The number of halogens is 2. The van der Waals surface area contributed by atoms with Crippen LogP contribution in [0.25, 0.3) is 22.6 Å². The van der Waals surface area contributed by atoms with Gasteiger partial charge in [0.25, 0.3) is 0 Å². The van der Waals surface area contributed by atoms with Gasteiger partial charge in [-0.2, -0.15) is 0 Å². The average molecular weight is 439 g/mol. The van der Waals surface area contributed by atoms with E-state index in [1.807, 2.05) is 30.3 Å². The predicted molar refractivity (Wildman–Crippen MR) is 124 cm³/mol. The maximum Gasteiger partial charge on any atom is 0.227 e. The molecule has 1 N–H and O–H groups in total. The predicted octanol–water partition coefficient (Wildman–Crippen LogP) is 7.56. The van der Waals surface area contributed by atoms with Crippen LogP contribution in [0.5, 0.6) is 5.75 Å². The van der Waals surface area contributed by atoms with Crippen LogP contribution in [0, 0.1) is 0 Å². The Hall–Kier alpha value is -2.82. The van der Waals surface area contributed by atoms with Crippen molar-refractivity contribution in [3.63, 3.8) is 0 Å². The summed E-state index contributed by atoms with van der Waals surface area (Å²) >= 11 is 12.0. The summed E-state index contributed by atoms with van der Waals surface area (Å²) in [6.45, 7) is 6.54. The van der Waals surface area contributed by atoms with Crippen LogP contribution in [0.1, 0.15) is 31.9 Å². The van der Waals surface area contributed by atoms with Crippen molar-refractivity contribution >= 4 is 46.2 Å². The highest BCUT2D eigenvalue weighted by atomic mass is 35.5. The maximum absolute atomic E-state index is 10.1. The molecule has 152 valence electrons. The number of hydrogen-bond acceptors (Lipinski definition) is 4. The zero-order chi connectivity index (χ0) is 21.5. The van der Waals surface area contributed by atoms with Crippen LogP contribution in [0.15, 0.2) is 64.0 Å². The molecule has 0 saturated carbocycles. The third kappa shape index (κ3) is 4.20. The van der Waals surface area contributed by atoms with Crippen LogP contribution in [-0.2, 0) is 5.41 Å². The van der Waals surface area contributed by atoms with Gasteiger partial charge in [-0.05, 0) is 53.4 Å². The number of oxazole rings is 1.